The van der Waals surface area contributed by atoms with E-state index in [1.165, 1.54) is 0 Å². The van der Waals surface area contributed by atoms with Gasteiger partial charge in [0.25, 0.3) is 0 Å². The van der Waals surface area contributed by atoms with E-state index in [0.717, 1.165) is 26.7 Å². The summed E-state index contributed by atoms with van der Waals surface area (Å²) in [6.07, 6.45) is 5.32. The molecule has 1 N–H and O–H groups in total. The van der Waals surface area contributed by atoms with Gasteiger partial charge in [0.05, 0.1) is 7.11 Å². The molecule has 0 atom stereocenters. The second-order valence-corrected chi connectivity index (χ2v) is 5.78. The Balaban J connectivity index is 1.85. The molecule has 0 saturated heterocycles. The molecule has 0 amide bonds. The fourth-order valence-electron chi connectivity index (χ4n) is 2.27. The highest BCUT2D eigenvalue weighted by molar-refractivity contribution is 9.10. The molecule has 0 unspecified atom stereocenters. The standard InChI is InChI=1S/C18H14BrNO2/c1-22-15-6-2-12(3-7-15)18(21)9-4-13-11-20-17-8-5-14(19)10-16(13)17/h2-11,20H,1H3/b9-4+. The average molecular weight is 356 g/mol. The van der Waals surface area contributed by atoms with E-state index in [1.807, 2.05) is 30.5 Å². The number of nitrogens with one attached hydrogen (secondary N) is 1. The summed E-state index contributed by atoms with van der Waals surface area (Å²) in [5, 5.41) is 1.08. The van der Waals surface area contributed by atoms with Crippen molar-refractivity contribution < 1.29 is 9.53 Å². The summed E-state index contributed by atoms with van der Waals surface area (Å²) in [4.78, 5) is 15.4. The van der Waals surface area contributed by atoms with Crippen LogP contribution in [0.1, 0.15) is 15.9 Å². The highest BCUT2D eigenvalue weighted by Crippen LogP contribution is 2.23. The molecule has 3 nitrogen and oxygen atoms in total. The van der Waals surface area contributed by atoms with Gasteiger partial charge in [0.2, 0.25) is 0 Å². The van der Waals surface area contributed by atoms with Crippen molar-refractivity contribution in [1.82, 2.24) is 4.98 Å². The monoisotopic (exact) mass is 355 g/mol. The van der Waals surface area contributed by atoms with Crippen LogP contribution in [-0.4, -0.2) is 17.9 Å². The zero-order chi connectivity index (χ0) is 15.5. The number of halogens is 1. The lowest BCUT2D eigenvalue weighted by molar-refractivity contribution is 0.104. The maximum atomic E-state index is 12.2. The number of benzene rings is 2. The lowest BCUT2D eigenvalue weighted by Gasteiger charge is -2.00. The Morgan fingerprint density at radius 1 is 1.18 bits per heavy atom. The zero-order valence-corrected chi connectivity index (χ0v) is 13.6. The molecule has 2 aromatic carbocycles. The molecule has 1 aromatic heterocycles. The number of ether oxygens (including phenoxy) is 1. The SMILES string of the molecule is COc1ccc(C(=O)/C=C/c2c[nH]c3ccc(Br)cc23)cc1. The van der Waals surface area contributed by atoms with Gasteiger partial charge >= 0.3 is 0 Å². The average Bonchev–Trinajstić information content (AvgIpc) is 2.95. The first-order chi connectivity index (χ1) is 10.7. The third-order valence-corrected chi connectivity index (χ3v) is 3.96. The first-order valence-electron chi connectivity index (χ1n) is 6.80. The molecule has 4 heteroatoms. The van der Waals surface area contributed by atoms with Crippen molar-refractivity contribution in [3.8, 4) is 5.75 Å². The molecule has 3 aromatic rings. The number of carbonyl (C=O) groups excluding carboxylic acids is 1. The van der Waals surface area contributed by atoms with E-state index in [-0.39, 0.29) is 5.78 Å². The van der Waals surface area contributed by atoms with E-state index in [9.17, 15) is 4.79 Å². The number of hydrogen-bond donors (Lipinski definition) is 1. The normalized spacial score (nSPS) is 11.2. The molecule has 0 radical (unpaired) electrons. The van der Waals surface area contributed by atoms with E-state index >= 15 is 0 Å². The minimum atomic E-state index is -0.0352. The second kappa shape index (κ2) is 6.20. The van der Waals surface area contributed by atoms with Gasteiger partial charge < -0.3 is 9.72 Å². The molecule has 22 heavy (non-hydrogen) atoms. The lowest BCUT2D eigenvalue weighted by atomic mass is 10.1. The topological polar surface area (TPSA) is 42.1 Å². The van der Waals surface area contributed by atoms with Crippen molar-refractivity contribution in [1.29, 1.82) is 0 Å². The van der Waals surface area contributed by atoms with E-state index in [4.69, 9.17) is 4.74 Å². The molecule has 0 spiro atoms. The number of H-pyrrole nitrogens is 1. The minimum absolute atomic E-state index is 0.0352. The van der Waals surface area contributed by atoms with E-state index < -0.39 is 0 Å². The van der Waals surface area contributed by atoms with E-state index in [2.05, 4.69) is 20.9 Å². The fraction of sp³-hybridized carbons (Fsp3) is 0.0556. The van der Waals surface area contributed by atoms with Gasteiger partial charge in [0.1, 0.15) is 5.75 Å². The Labute approximate surface area is 136 Å². The van der Waals surface area contributed by atoms with Crippen LogP contribution in [0.25, 0.3) is 17.0 Å². The van der Waals surface area contributed by atoms with Crippen LogP contribution in [0.2, 0.25) is 0 Å². The number of rotatable bonds is 4. The molecular weight excluding hydrogens is 342 g/mol. The van der Waals surface area contributed by atoms with Crippen LogP contribution in [-0.2, 0) is 0 Å². The Morgan fingerprint density at radius 2 is 1.95 bits per heavy atom. The Hall–Kier alpha value is -2.33. The largest absolute Gasteiger partial charge is 0.497 e. The lowest BCUT2D eigenvalue weighted by Crippen LogP contribution is -1.94. The molecule has 3 rings (SSSR count). The molecule has 0 aliphatic carbocycles. The van der Waals surface area contributed by atoms with Crippen LogP contribution in [0.4, 0.5) is 0 Å². The molecule has 1 heterocycles. The van der Waals surface area contributed by atoms with Gasteiger partial charge in [0.15, 0.2) is 5.78 Å². The minimum Gasteiger partial charge on any atom is -0.497 e. The predicted molar refractivity (Wildman–Crippen MR) is 92.4 cm³/mol. The van der Waals surface area contributed by atoms with Gasteiger partial charge in [0, 0.05) is 27.1 Å². The Bertz CT molecular complexity index is 847. The number of aromatic nitrogens is 1. The van der Waals surface area contributed by atoms with Gasteiger partial charge in [-0.2, -0.15) is 0 Å². The van der Waals surface area contributed by atoms with Crippen LogP contribution in [0.3, 0.4) is 0 Å². The number of aromatic amines is 1. The molecule has 0 aliphatic heterocycles. The molecule has 0 saturated carbocycles. The number of carbonyl (C=O) groups is 1. The summed E-state index contributed by atoms with van der Waals surface area (Å²) in [7, 11) is 1.60. The quantitative estimate of drug-likeness (QED) is 0.537. The zero-order valence-electron chi connectivity index (χ0n) is 12.0. The highest BCUT2D eigenvalue weighted by Gasteiger charge is 2.04. The third-order valence-electron chi connectivity index (χ3n) is 3.46. The van der Waals surface area contributed by atoms with Crippen LogP contribution < -0.4 is 4.74 Å². The van der Waals surface area contributed by atoms with Crippen molar-refractivity contribution in [3.05, 3.63) is 70.3 Å². The number of ketones is 1. The maximum Gasteiger partial charge on any atom is 0.185 e. The maximum absolute atomic E-state index is 12.2. The van der Waals surface area contributed by atoms with Crippen molar-refractivity contribution in [2.24, 2.45) is 0 Å². The van der Waals surface area contributed by atoms with Crippen LogP contribution in [0, 0.1) is 0 Å². The van der Waals surface area contributed by atoms with Crippen molar-refractivity contribution in [2.75, 3.05) is 7.11 Å². The van der Waals surface area contributed by atoms with Gasteiger partial charge in [-0.3, -0.25) is 4.79 Å². The summed E-state index contributed by atoms with van der Waals surface area (Å²) in [6, 6.07) is 13.1. The first-order valence-corrected chi connectivity index (χ1v) is 7.60. The summed E-state index contributed by atoms with van der Waals surface area (Å²) in [5.41, 5.74) is 2.66. The predicted octanol–water partition coefficient (Wildman–Crippen LogP) is 4.84. The number of hydrogen-bond acceptors (Lipinski definition) is 2. The van der Waals surface area contributed by atoms with Crippen LogP contribution in [0.5, 0.6) is 5.75 Å². The van der Waals surface area contributed by atoms with Crippen molar-refractivity contribution in [2.45, 2.75) is 0 Å². The molecule has 110 valence electrons. The Kier molecular flexibility index (Phi) is 4.11. The smallest absolute Gasteiger partial charge is 0.185 e. The summed E-state index contributed by atoms with van der Waals surface area (Å²) in [6.45, 7) is 0. The summed E-state index contributed by atoms with van der Waals surface area (Å²) < 4.78 is 6.10. The number of methoxy groups -OCH3 is 1. The third kappa shape index (κ3) is 2.97. The number of fused-ring (bicyclic) bond motifs is 1. The summed E-state index contributed by atoms with van der Waals surface area (Å²) >= 11 is 3.46. The van der Waals surface area contributed by atoms with Gasteiger partial charge in [-0.25, -0.2) is 0 Å². The molecular formula is C18H14BrNO2. The van der Waals surface area contributed by atoms with Gasteiger partial charge in [-0.05, 0) is 60.2 Å². The van der Waals surface area contributed by atoms with Crippen molar-refractivity contribution >= 4 is 38.7 Å². The number of allylic oxidation sites excluding steroid dienone is 1. The Morgan fingerprint density at radius 3 is 2.68 bits per heavy atom. The molecule has 0 fully saturated rings. The van der Waals surface area contributed by atoms with E-state index in [0.29, 0.717) is 5.56 Å². The first kappa shape index (κ1) is 14.6. The van der Waals surface area contributed by atoms with Gasteiger partial charge in [-0.15, -0.1) is 0 Å². The highest BCUT2D eigenvalue weighted by atomic mass is 79.9. The summed E-state index contributed by atoms with van der Waals surface area (Å²) in [5.74, 6) is 0.703. The fourth-order valence-corrected chi connectivity index (χ4v) is 2.63. The molecule has 0 bridgehead atoms. The second-order valence-electron chi connectivity index (χ2n) is 4.86. The van der Waals surface area contributed by atoms with Crippen molar-refractivity contribution in [3.63, 3.8) is 0 Å². The molecule has 0 aliphatic rings. The van der Waals surface area contributed by atoms with Crippen LogP contribution in [0.15, 0.2) is 59.2 Å². The van der Waals surface area contributed by atoms with Gasteiger partial charge in [-0.1, -0.05) is 15.9 Å². The van der Waals surface area contributed by atoms with Crippen LogP contribution >= 0.6 is 15.9 Å². The van der Waals surface area contributed by atoms with E-state index in [1.54, 1.807) is 37.5 Å².